The predicted molar refractivity (Wildman–Crippen MR) is 110 cm³/mol. The average molecular weight is 407 g/mol. The van der Waals surface area contributed by atoms with Crippen LogP contribution in [0.4, 0.5) is 0 Å². The zero-order valence-corrected chi connectivity index (χ0v) is 17.6. The fraction of sp³-hybridized carbons (Fsp3) is 0.389. The summed E-state index contributed by atoms with van der Waals surface area (Å²) < 4.78 is 18.0. The van der Waals surface area contributed by atoms with E-state index in [4.69, 9.17) is 14.2 Å². The number of benzene rings is 1. The molecule has 0 unspecified atom stereocenters. The third-order valence-electron chi connectivity index (χ3n) is 3.72. The molecule has 1 aromatic carbocycles. The standard InChI is InChI=1S/C18H22N4O3S2/c1-11(2)26-10-15-19-20-18-22(15)21-16(27-18)7-6-12-8-13(23-3)17(25-5)14(9-12)24-4/h6-9,11H,10H2,1-5H3. The van der Waals surface area contributed by atoms with Crippen molar-refractivity contribution >= 4 is 40.2 Å². The van der Waals surface area contributed by atoms with E-state index >= 15 is 0 Å². The van der Waals surface area contributed by atoms with E-state index in [1.165, 1.54) is 11.3 Å². The topological polar surface area (TPSA) is 70.8 Å². The molecule has 0 radical (unpaired) electrons. The molecule has 3 aromatic rings. The van der Waals surface area contributed by atoms with Gasteiger partial charge in [0.05, 0.1) is 27.1 Å². The molecular weight excluding hydrogens is 384 g/mol. The smallest absolute Gasteiger partial charge is 0.234 e. The van der Waals surface area contributed by atoms with E-state index in [9.17, 15) is 0 Å². The van der Waals surface area contributed by atoms with E-state index in [1.807, 2.05) is 40.6 Å². The third kappa shape index (κ3) is 4.36. The molecule has 0 aliphatic carbocycles. The molecule has 0 amide bonds. The van der Waals surface area contributed by atoms with Gasteiger partial charge in [-0.1, -0.05) is 31.3 Å². The summed E-state index contributed by atoms with van der Waals surface area (Å²) >= 11 is 3.31. The zero-order chi connectivity index (χ0) is 19.4. The Bertz CT molecular complexity index is 924. The highest BCUT2D eigenvalue weighted by Crippen LogP contribution is 2.38. The van der Waals surface area contributed by atoms with E-state index in [0.717, 1.165) is 27.1 Å². The molecule has 0 aliphatic heterocycles. The quantitative estimate of drug-likeness (QED) is 0.559. The Hall–Kier alpha value is -2.26. The zero-order valence-electron chi connectivity index (χ0n) is 15.9. The number of thioether (sulfide) groups is 1. The predicted octanol–water partition coefficient (Wildman–Crippen LogP) is 4.02. The van der Waals surface area contributed by atoms with Crippen molar-refractivity contribution in [2.24, 2.45) is 0 Å². The van der Waals surface area contributed by atoms with Crippen molar-refractivity contribution in [1.29, 1.82) is 0 Å². The van der Waals surface area contributed by atoms with Crippen LogP contribution in [0.15, 0.2) is 12.1 Å². The van der Waals surface area contributed by atoms with Crippen LogP contribution in [0.3, 0.4) is 0 Å². The number of rotatable bonds is 8. The normalized spacial score (nSPS) is 11.6. The SMILES string of the molecule is COc1cc(C=Cc2nn3c(CSC(C)C)nnc3s2)cc(OC)c1OC. The largest absolute Gasteiger partial charge is 0.493 e. The van der Waals surface area contributed by atoms with E-state index in [0.29, 0.717) is 22.5 Å². The van der Waals surface area contributed by atoms with Crippen molar-refractivity contribution in [3.63, 3.8) is 0 Å². The first-order valence-electron chi connectivity index (χ1n) is 8.36. The van der Waals surface area contributed by atoms with Crippen molar-refractivity contribution in [3.05, 3.63) is 28.5 Å². The lowest BCUT2D eigenvalue weighted by Crippen LogP contribution is -1.96. The van der Waals surface area contributed by atoms with Gasteiger partial charge in [-0.15, -0.1) is 10.2 Å². The number of fused-ring (bicyclic) bond motifs is 1. The van der Waals surface area contributed by atoms with E-state index in [-0.39, 0.29) is 0 Å². The molecule has 0 spiro atoms. The fourth-order valence-electron chi connectivity index (χ4n) is 2.44. The summed E-state index contributed by atoms with van der Waals surface area (Å²) in [5.74, 6) is 3.46. The first kappa shape index (κ1) is 19.5. The van der Waals surface area contributed by atoms with Gasteiger partial charge in [-0.05, 0) is 29.0 Å². The van der Waals surface area contributed by atoms with E-state index in [2.05, 4.69) is 29.1 Å². The van der Waals surface area contributed by atoms with Crippen LogP contribution in [0.25, 0.3) is 17.1 Å². The van der Waals surface area contributed by atoms with Gasteiger partial charge < -0.3 is 14.2 Å². The molecule has 7 nitrogen and oxygen atoms in total. The van der Waals surface area contributed by atoms with Gasteiger partial charge in [0.1, 0.15) is 5.01 Å². The molecule has 2 heterocycles. The van der Waals surface area contributed by atoms with Crippen LogP contribution < -0.4 is 14.2 Å². The first-order chi connectivity index (χ1) is 13.0. The Balaban J connectivity index is 1.85. The number of methoxy groups -OCH3 is 3. The van der Waals surface area contributed by atoms with Crippen LogP contribution in [0.1, 0.15) is 30.2 Å². The molecule has 2 aromatic heterocycles. The highest BCUT2D eigenvalue weighted by Gasteiger charge is 2.13. The van der Waals surface area contributed by atoms with Crippen molar-refractivity contribution in [2.45, 2.75) is 24.9 Å². The second-order valence-electron chi connectivity index (χ2n) is 5.90. The molecule has 0 N–H and O–H groups in total. The van der Waals surface area contributed by atoms with Crippen LogP contribution in [0.2, 0.25) is 0 Å². The Morgan fingerprint density at radius 2 is 1.78 bits per heavy atom. The first-order valence-corrected chi connectivity index (χ1v) is 10.2. The number of hydrogen-bond donors (Lipinski definition) is 0. The van der Waals surface area contributed by atoms with Gasteiger partial charge in [0.15, 0.2) is 17.3 Å². The highest BCUT2D eigenvalue weighted by molar-refractivity contribution is 7.99. The summed E-state index contributed by atoms with van der Waals surface area (Å²) in [5, 5.41) is 14.4. The maximum Gasteiger partial charge on any atom is 0.234 e. The minimum Gasteiger partial charge on any atom is -0.493 e. The number of ether oxygens (including phenoxy) is 3. The Labute approximate surface area is 166 Å². The molecule has 0 fully saturated rings. The van der Waals surface area contributed by atoms with Crippen LogP contribution >= 0.6 is 23.1 Å². The van der Waals surface area contributed by atoms with Gasteiger partial charge in [-0.3, -0.25) is 0 Å². The number of nitrogens with zero attached hydrogens (tertiary/aromatic N) is 4. The molecule has 3 rings (SSSR count). The second-order valence-corrected chi connectivity index (χ2v) is 8.46. The van der Waals surface area contributed by atoms with Crippen LogP contribution in [0, 0.1) is 0 Å². The van der Waals surface area contributed by atoms with Crippen molar-refractivity contribution in [1.82, 2.24) is 19.8 Å². The second kappa shape index (κ2) is 8.62. The number of aromatic nitrogens is 4. The van der Waals surface area contributed by atoms with Gasteiger partial charge in [-0.25, -0.2) is 0 Å². The Kier molecular flexibility index (Phi) is 6.22. The molecular formula is C18H22N4O3S2. The lowest BCUT2D eigenvalue weighted by atomic mass is 10.1. The molecule has 0 saturated carbocycles. The molecule has 0 aliphatic rings. The molecule has 27 heavy (non-hydrogen) atoms. The van der Waals surface area contributed by atoms with Gasteiger partial charge in [0.2, 0.25) is 10.7 Å². The summed E-state index contributed by atoms with van der Waals surface area (Å²) in [6.45, 7) is 4.32. The molecule has 9 heteroatoms. The maximum absolute atomic E-state index is 5.39. The summed E-state index contributed by atoms with van der Waals surface area (Å²) in [4.78, 5) is 0.791. The lowest BCUT2D eigenvalue weighted by Gasteiger charge is -2.12. The van der Waals surface area contributed by atoms with Crippen molar-refractivity contribution in [2.75, 3.05) is 21.3 Å². The Morgan fingerprint density at radius 3 is 2.37 bits per heavy atom. The van der Waals surface area contributed by atoms with Gasteiger partial charge >= 0.3 is 0 Å². The minimum absolute atomic E-state index is 0.537. The minimum atomic E-state index is 0.537. The molecule has 0 bridgehead atoms. The molecule has 0 atom stereocenters. The summed E-state index contributed by atoms with van der Waals surface area (Å²) in [7, 11) is 4.79. The van der Waals surface area contributed by atoms with Gasteiger partial charge in [0.25, 0.3) is 0 Å². The fourth-order valence-corrected chi connectivity index (χ4v) is 3.86. The van der Waals surface area contributed by atoms with Gasteiger partial charge in [0, 0.05) is 0 Å². The van der Waals surface area contributed by atoms with Crippen molar-refractivity contribution < 1.29 is 14.2 Å². The van der Waals surface area contributed by atoms with Gasteiger partial charge in [-0.2, -0.15) is 21.4 Å². The average Bonchev–Trinajstić information content (AvgIpc) is 3.24. The summed E-state index contributed by atoms with van der Waals surface area (Å²) in [5.41, 5.74) is 0.922. The molecule has 144 valence electrons. The van der Waals surface area contributed by atoms with Crippen molar-refractivity contribution in [3.8, 4) is 17.2 Å². The van der Waals surface area contributed by atoms with Crippen LogP contribution in [0.5, 0.6) is 17.2 Å². The maximum atomic E-state index is 5.39. The number of hydrogen-bond acceptors (Lipinski definition) is 8. The third-order valence-corrected chi connectivity index (χ3v) is 5.68. The highest BCUT2D eigenvalue weighted by atomic mass is 32.2. The van der Waals surface area contributed by atoms with Crippen LogP contribution in [-0.2, 0) is 5.75 Å². The monoisotopic (exact) mass is 406 g/mol. The van der Waals surface area contributed by atoms with E-state index in [1.54, 1.807) is 21.3 Å². The Morgan fingerprint density at radius 1 is 1.07 bits per heavy atom. The van der Waals surface area contributed by atoms with Crippen LogP contribution in [-0.4, -0.2) is 46.4 Å². The van der Waals surface area contributed by atoms with E-state index < -0.39 is 0 Å². The molecule has 0 saturated heterocycles. The summed E-state index contributed by atoms with van der Waals surface area (Å²) in [6, 6.07) is 3.78. The summed E-state index contributed by atoms with van der Waals surface area (Å²) in [6.07, 6.45) is 3.90. The lowest BCUT2D eigenvalue weighted by molar-refractivity contribution is 0.324.